The number of nitrogens with one attached hydrogen (secondary N) is 1. The van der Waals surface area contributed by atoms with Gasteiger partial charge in [0.1, 0.15) is 0 Å². The Morgan fingerprint density at radius 1 is 1.40 bits per heavy atom. The molecule has 20 heavy (non-hydrogen) atoms. The monoisotopic (exact) mass is 269 g/mol. The molecule has 0 fully saturated rings. The smallest absolute Gasteiger partial charge is 0.189 e. The number of fused-ring (bicyclic) bond motifs is 1. The van der Waals surface area contributed by atoms with Crippen LogP contribution in [0.25, 0.3) is 16.6 Å². The fraction of sp³-hybridized carbons (Fsp3) is 0.200. The summed E-state index contributed by atoms with van der Waals surface area (Å²) in [5, 5.41) is 13.9. The quantitative estimate of drug-likeness (QED) is 0.758. The van der Waals surface area contributed by atoms with E-state index in [-0.39, 0.29) is 12.0 Å². The van der Waals surface area contributed by atoms with E-state index in [9.17, 15) is 4.79 Å². The van der Waals surface area contributed by atoms with E-state index in [1.54, 1.807) is 23.0 Å². The summed E-state index contributed by atoms with van der Waals surface area (Å²) in [6.07, 6.45) is 4.16. The van der Waals surface area contributed by atoms with Gasteiger partial charge in [0.25, 0.3) is 0 Å². The largest absolute Gasteiger partial charge is 0.396 e. The van der Waals surface area contributed by atoms with Crippen LogP contribution in [0.2, 0.25) is 0 Å². The summed E-state index contributed by atoms with van der Waals surface area (Å²) in [7, 11) is 0. The summed E-state index contributed by atoms with van der Waals surface area (Å²) in [5.41, 5.74) is 3.38. The first-order valence-electron chi connectivity index (χ1n) is 6.46. The van der Waals surface area contributed by atoms with Crippen molar-refractivity contribution in [2.75, 3.05) is 6.61 Å². The van der Waals surface area contributed by atoms with E-state index in [0.717, 1.165) is 22.5 Å². The van der Waals surface area contributed by atoms with Crippen molar-refractivity contribution >= 4 is 10.9 Å². The Balaban J connectivity index is 2.22. The van der Waals surface area contributed by atoms with Gasteiger partial charge in [0.2, 0.25) is 0 Å². The Hall–Kier alpha value is -2.40. The van der Waals surface area contributed by atoms with E-state index in [4.69, 9.17) is 5.11 Å². The van der Waals surface area contributed by atoms with Gasteiger partial charge in [-0.25, -0.2) is 4.68 Å². The summed E-state index contributed by atoms with van der Waals surface area (Å²) in [6.45, 7) is 1.95. The lowest BCUT2D eigenvalue weighted by Gasteiger charge is -2.07. The number of pyridine rings is 1. The maximum atomic E-state index is 12.0. The average molecular weight is 269 g/mol. The highest BCUT2D eigenvalue weighted by atomic mass is 16.3. The molecule has 2 aromatic heterocycles. The van der Waals surface area contributed by atoms with Gasteiger partial charge >= 0.3 is 0 Å². The van der Waals surface area contributed by atoms with Crippen molar-refractivity contribution in [3.05, 3.63) is 58.1 Å². The van der Waals surface area contributed by atoms with Crippen LogP contribution in [0.15, 0.2) is 41.5 Å². The molecule has 0 saturated heterocycles. The van der Waals surface area contributed by atoms with Gasteiger partial charge in [-0.05, 0) is 31.0 Å². The van der Waals surface area contributed by atoms with E-state index >= 15 is 0 Å². The average Bonchev–Trinajstić information content (AvgIpc) is 2.87. The van der Waals surface area contributed by atoms with Crippen LogP contribution in [0.3, 0.4) is 0 Å². The van der Waals surface area contributed by atoms with Gasteiger partial charge in [0, 0.05) is 30.0 Å². The zero-order chi connectivity index (χ0) is 14.1. The molecule has 2 N–H and O–H groups in total. The van der Waals surface area contributed by atoms with Crippen LogP contribution < -0.4 is 5.43 Å². The number of hydrogen-bond donors (Lipinski definition) is 2. The fourth-order valence-corrected chi connectivity index (χ4v) is 2.33. The Labute approximate surface area is 115 Å². The minimum absolute atomic E-state index is 0.000776. The van der Waals surface area contributed by atoms with Gasteiger partial charge in [0.05, 0.1) is 17.4 Å². The highest BCUT2D eigenvalue weighted by Crippen LogP contribution is 2.18. The Bertz CT molecular complexity index is 817. The third-order valence-electron chi connectivity index (χ3n) is 3.26. The molecule has 0 bridgehead atoms. The molecule has 5 heteroatoms. The van der Waals surface area contributed by atoms with Crippen molar-refractivity contribution < 1.29 is 5.11 Å². The number of rotatable bonds is 3. The van der Waals surface area contributed by atoms with Crippen molar-refractivity contribution in [3.63, 3.8) is 0 Å². The van der Waals surface area contributed by atoms with Crippen LogP contribution in [0, 0.1) is 6.92 Å². The number of H-pyrrole nitrogens is 1. The molecule has 1 aromatic carbocycles. The number of para-hydroxylation sites is 1. The molecule has 0 unspecified atom stereocenters. The lowest BCUT2D eigenvalue weighted by atomic mass is 10.1. The molecule has 0 aliphatic heterocycles. The van der Waals surface area contributed by atoms with E-state index in [1.807, 2.05) is 25.3 Å². The number of nitrogens with zero attached hydrogens (tertiary/aromatic N) is 2. The zero-order valence-corrected chi connectivity index (χ0v) is 11.1. The van der Waals surface area contributed by atoms with Crippen LogP contribution in [0.1, 0.15) is 11.3 Å². The molecule has 5 nitrogen and oxygen atoms in total. The van der Waals surface area contributed by atoms with Crippen molar-refractivity contribution in [1.29, 1.82) is 0 Å². The van der Waals surface area contributed by atoms with Crippen LogP contribution in [0.5, 0.6) is 0 Å². The van der Waals surface area contributed by atoms with Crippen molar-refractivity contribution in [3.8, 4) is 5.69 Å². The first kappa shape index (κ1) is 12.6. The highest BCUT2D eigenvalue weighted by Gasteiger charge is 2.08. The number of benzene rings is 1. The van der Waals surface area contributed by atoms with E-state index in [2.05, 4.69) is 10.1 Å². The summed E-state index contributed by atoms with van der Waals surface area (Å²) in [5.74, 6) is 0. The van der Waals surface area contributed by atoms with E-state index in [1.165, 1.54) is 0 Å². The Kier molecular flexibility index (Phi) is 3.12. The molecule has 102 valence electrons. The molecule has 0 amide bonds. The number of aromatic nitrogens is 3. The first-order chi connectivity index (χ1) is 9.69. The third-order valence-corrected chi connectivity index (χ3v) is 3.26. The van der Waals surface area contributed by atoms with Crippen LogP contribution in [-0.4, -0.2) is 26.5 Å². The molecule has 0 spiro atoms. The van der Waals surface area contributed by atoms with Crippen LogP contribution in [-0.2, 0) is 6.42 Å². The molecular formula is C15H15N3O2. The minimum atomic E-state index is 0.000776. The Morgan fingerprint density at radius 2 is 2.25 bits per heavy atom. The van der Waals surface area contributed by atoms with Gasteiger partial charge < -0.3 is 10.1 Å². The van der Waals surface area contributed by atoms with Gasteiger partial charge in [0.15, 0.2) is 5.43 Å². The zero-order valence-electron chi connectivity index (χ0n) is 11.1. The minimum Gasteiger partial charge on any atom is -0.396 e. The lowest BCUT2D eigenvalue weighted by molar-refractivity contribution is 0.299. The number of aryl methyl sites for hydroxylation is 1. The molecule has 0 saturated carbocycles. The topological polar surface area (TPSA) is 70.9 Å². The summed E-state index contributed by atoms with van der Waals surface area (Å²) in [4.78, 5) is 15.2. The summed E-state index contributed by atoms with van der Waals surface area (Å²) < 4.78 is 1.72. The number of aliphatic hydroxyl groups is 1. The predicted molar refractivity (Wildman–Crippen MR) is 77.2 cm³/mol. The molecule has 3 rings (SSSR count). The molecular weight excluding hydrogens is 254 g/mol. The molecule has 0 radical (unpaired) electrons. The first-order valence-corrected chi connectivity index (χ1v) is 6.46. The fourth-order valence-electron chi connectivity index (χ4n) is 2.33. The lowest BCUT2D eigenvalue weighted by Crippen LogP contribution is -2.06. The predicted octanol–water partition coefficient (Wildman–Crippen LogP) is 1.56. The maximum absolute atomic E-state index is 12.0. The van der Waals surface area contributed by atoms with Crippen molar-refractivity contribution in [2.45, 2.75) is 13.3 Å². The van der Waals surface area contributed by atoms with E-state index < -0.39 is 0 Å². The molecule has 3 aromatic rings. The van der Waals surface area contributed by atoms with Gasteiger partial charge in [-0.15, -0.1) is 0 Å². The van der Waals surface area contributed by atoms with E-state index in [0.29, 0.717) is 11.8 Å². The van der Waals surface area contributed by atoms with Crippen LogP contribution >= 0.6 is 0 Å². The van der Waals surface area contributed by atoms with Crippen molar-refractivity contribution in [2.24, 2.45) is 0 Å². The third kappa shape index (κ3) is 2.12. The molecule has 0 aliphatic carbocycles. The van der Waals surface area contributed by atoms with Gasteiger partial charge in [-0.1, -0.05) is 6.07 Å². The van der Waals surface area contributed by atoms with Crippen molar-refractivity contribution in [1.82, 2.24) is 14.8 Å². The number of aromatic amines is 1. The maximum Gasteiger partial charge on any atom is 0.189 e. The van der Waals surface area contributed by atoms with Crippen LogP contribution in [0.4, 0.5) is 0 Å². The number of hydrogen-bond acceptors (Lipinski definition) is 3. The molecule has 2 heterocycles. The standard InChI is InChI=1S/C15H15N3O2/c1-10-7-14(20)12-3-2-4-13(15(12)17-10)18-9-11(5-6-19)8-16-18/h2-4,7-9,19H,5-6H2,1H3,(H,17,20). The summed E-state index contributed by atoms with van der Waals surface area (Å²) >= 11 is 0. The second-order valence-corrected chi connectivity index (χ2v) is 4.78. The molecule has 0 aliphatic rings. The normalized spacial score (nSPS) is 11.1. The Morgan fingerprint density at radius 3 is 3.05 bits per heavy atom. The highest BCUT2D eigenvalue weighted by molar-refractivity contribution is 5.86. The van der Waals surface area contributed by atoms with Gasteiger partial charge in [-0.2, -0.15) is 5.10 Å². The molecule has 0 atom stereocenters. The number of aliphatic hydroxyl groups excluding tert-OH is 1. The second kappa shape index (κ2) is 4.94. The second-order valence-electron chi connectivity index (χ2n) is 4.78. The van der Waals surface area contributed by atoms with Gasteiger partial charge in [-0.3, -0.25) is 4.79 Å². The summed E-state index contributed by atoms with van der Waals surface area (Å²) in [6, 6.07) is 7.14. The SMILES string of the molecule is Cc1cc(=O)c2cccc(-n3cc(CCO)cn3)c2[nH]1.